The van der Waals surface area contributed by atoms with E-state index in [9.17, 15) is 0 Å². The fourth-order valence-corrected chi connectivity index (χ4v) is 2.59. The van der Waals surface area contributed by atoms with E-state index in [4.69, 9.17) is 4.42 Å². The second-order valence-electron chi connectivity index (χ2n) is 4.80. The van der Waals surface area contributed by atoms with E-state index in [1.165, 1.54) is 0 Å². The third kappa shape index (κ3) is 3.26. The minimum absolute atomic E-state index is 0.901. The number of nitrogens with zero attached hydrogens (tertiary/aromatic N) is 1. The van der Waals surface area contributed by atoms with Crippen molar-refractivity contribution in [3.8, 4) is 11.3 Å². The largest absolute Gasteiger partial charge is 0.460 e. The van der Waals surface area contributed by atoms with Gasteiger partial charge in [-0.15, -0.1) is 0 Å². The fraction of sp³-hybridized carbons (Fsp3) is 0.333. The molecule has 4 heteroatoms. The van der Waals surface area contributed by atoms with Gasteiger partial charge in [0.2, 0.25) is 0 Å². The van der Waals surface area contributed by atoms with Gasteiger partial charge in [0, 0.05) is 36.2 Å². The van der Waals surface area contributed by atoms with Gasteiger partial charge in [0.1, 0.15) is 11.5 Å². The lowest BCUT2D eigenvalue weighted by Crippen LogP contribution is -2.42. The predicted molar refractivity (Wildman–Crippen MR) is 80.0 cm³/mol. The van der Waals surface area contributed by atoms with E-state index in [0.29, 0.717) is 0 Å². The first-order valence-electron chi connectivity index (χ1n) is 6.59. The Labute approximate surface area is 121 Å². The van der Waals surface area contributed by atoms with Crippen molar-refractivity contribution >= 4 is 15.9 Å². The molecule has 1 aliphatic rings. The molecule has 0 spiro atoms. The SMILES string of the molecule is Brc1ccc(-c2ccc(CN3CCNCC3)o2)cc1. The molecule has 0 atom stereocenters. The van der Waals surface area contributed by atoms with E-state index in [1.807, 2.05) is 12.1 Å². The molecule has 0 amide bonds. The Morgan fingerprint density at radius 1 is 1.05 bits per heavy atom. The third-order valence-corrected chi connectivity index (χ3v) is 3.91. The molecular formula is C15H17BrN2O. The summed E-state index contributed by atoms with van der Waals surface area (Å²) in [6.45, 7) is 5.22. The molecule has 19 heavy (non-hydrogen) atoms. The molecule has 1 saturated heterocycles. The summed E-state index contributed by atoms with van der Waals surface area (Å²) in [7, 11) is 0. The van der Waals surface area contributed by atoms with Crippen LogP contribution in [0.5, 0.6) is 0 Å². The summed E-state index contributed by atoms with van der Waals surface area (Å²) >= 11 is 3.45. The standard InChI is InChI=1S/C15H17BrN2O/c16-13-3-1-12(2-4-13)15-6-5-14(19-15)11-18-9-7-17-8-10-18/h1-6,17H,7-11H2. The van der Waals surface area contributed by atoms with Crippen molar-refractivity contribution in [2.75, 3.05) is 26.2 Å². The maximum Gasteiger partial charge on any atom is 0.134 e. The van der Waals surface area contributed by atoms with Crippen molar-refractivity contribution in [1.29, 1.82) is 0 Å². The summed E-state index contributed by atoms with van der Waals surface area (Å²) in [6.07, 6.45) is 0. The van der Waals surface area contributed by atoms with Crippen LogP contribution in [0.15, 0.2) is 45.3 Å². The highest BCUT2D eigenvalue weighted by Gasteiger charge is 2.12. The van der Waals surface area contributed by atoms with Gasteiger partial charge in [-0.25, -0.2) is 0 Å². The smallest absolute Gasteiger partial charge is 0.134 e. The van der Waals surface area contributed by atoms with Crippen LogP contribution in [0.1, 0.15) is 5.76 Å². The van der Waals surface area contributed by atoms with Crippen LogP contribution in [0.2, 0.25) is 0 Å². The Hall–Kier alpha value is -1.10. The van der Waals surface area contributed by atoms with Gasteiger partial charge < -0.3 is 9.73 Å². The fourth-order valence-electron chi connectivity index (χ4n) is 2.32. The number of nitrogens with one attached hydrogen (secondary N) is 1. The van der Waals surface area contributed by atoms with Crippen molar-refractivity contribution < 1.29 is 4.42 Å². The van der Waals surface area contributed by atoms with Gasteiger partial charge in [-0.3, -0.25) is 4.90 Å². The van der Waals surface area contributed by atoms with Crippen LogP contribution in [0, 0.1) is 0 Å². The van der Waals surface area contributed by atoms with Crippen molar-refractivity contribution in [1.82, 2.24) is 10.2 Å². The molecule has 0 bridgehead atoms. The molecule has 1 N–H and O–H groups in total. The van der Waals surface area contributed by atoms with E-state index < -0.39 is 0 Å². The quantitative estimate of drug-likeness (QED) is 0.942. The minimum Gasteiger partial charge on any atom is -0.460 e. The normalized spacial score (nSPS) is 16.7. The molecule has 0 unspecified atom stereocenters. The summed E-state index contributed by atoms with van der Waals surface area (Å²) in [4.78, 5) is 2.42. The van der Waals surface area contributed by atoms with Crippen molar-refractivity contribution in [2.24, 2.45) is 0 Å². The second kappa shape index (κ2) is 5.90. The predicted octanol–water partition coefficient (Wildman–Crippen LogP) is 3.11. The second-order valence-corrected chi connectivity index (χ2v) is 5.71. The highest BCUT2D eigenvalue weighted by atomic mass is 79.9. The Bertz CT molecular complexity index is 529. The van der Waals surface area contributed by atoms with E-state index in [-0.39, 0.29) is 0 Å². The molecule has 0 aliphatic carbocycles. The Kier molecular flexibility index (Phi) is 4.01. The van der Waals surface area contributed by atoms with Gasteiger partial charge in [0.25, 0.3) is 0 Å². The molecule has 1 fully saturated rings. The molecule has 3 rings (SSSR count). The first-order chi connectivity index (χ1) is 9.31. The molecule has 1 aliphatic heterocycles. The number of hydrogen-bond donors (Lipinski definition) is 1. The Morgan fingerprint density at radius 2 is 1.79 bits per heavy atom. The number of furan rings is 1. The van der Waals surface area contributed by atoms with Gasteiger partial charge in [0.15, 0.2) is 0 Å². The molecule has 2 heterocycles. The van der Waals surface area contributed by atoms with Crippen LogP contribution in [0.4, 0.5) is 0 Å². The Balaban J connectivity index is 1.70. The number of hydrogen-bond acceptors (Lipinski definition) is 3. The van der Waals surface area contributed by atoms with Gasteiger partial charge in [-0.2, -0.15) is 0 Å². The van der Waals surface area contributed by atoms with Crippen LogP contribution >= 0.6 is 15.9 Å². The lowest BCUT2D eigenvalue weighted by molar-refractivity contribution is 0.217. The number of piperazine rings is 1. The summed E-state index contributed by atoms with van der Waals surface area (Å²) in [5.74, 6) is 1.98. The number of halogens is 1. The zero-order chi connectivity index (χ0) is 13.1. The number of benzene rings is 1. The van der Waals surface area contributed by atoms with Crippen molar-refractivity contribution in [2.45, 2.75) is 6.54 Å². The van der Waals surface area contributed by atoms with E-state index in [2.05, 4.69) is 50.4 Å². The zero-order valence-corrected chi connectivity index (χ0v) is 12.3. The minimum atomic E-state index is 0.901. The van der Waals surface area contributed by atoms with Crippen LogP contribution in [-0.2, 0) is 6.54 Å². The van der Waals surface area contributed by atoms with Crippen LogP contribution in [0.25, 0.3) is 11.3 Å². The van der Waals surface area contributed by atoms with Crippen molar-refractivity contribution in [3.05, 3.63) is 46.6 Å². The molecule has 3 nitrogen and oxygen atoms in total. The summed E-state index contributed by atoms with van der Waals surface area (Å²) in [6, 6.07) is 12.3. The zero-order valence-electron chi connectivity index (χ0n) is 10.7. The van der Waals surface area contributed by atoms with Crippen LogP contribution in [-0.4, -0.2) is 31.1 Å². The third-order valence-electron chi connectivity index (χ3n) is 3.38. The average Bonchev–Trinajstić information content (AvgIpc) is 2.89. The highest BCUT2D eigenvalue weighted by Crippen LogP contribution is 2.24. The summed E-state index contributed by atoms with van der Waals surface area (Å²) < 4.78 is 7.02. The monoisotopic (exact) mass is 320 g/mol. The molecule has 1 aromatic carbocycles. The first kappa shape index (κ1) is 12.9. The Morgan fingerprint density at radius 3 is 2.53 bits per heavy atom. The lowest BCUT2D eigenvalue weighted by Gasteiger charge is -2.26. The maximum absolute atomic E-state index is 5.93. The van der Waals surface area contributed by atoms with E-state index in [1.54, 1.807) is 0 Å². The topological polar surface area (TPSA) is 28.4 Å². The first-order valence-corrected chi connectivity index (χ1v) is 7.38. The van der Waals surface area contributed by atoms with Crippen molar-refractivity contribution in [3.63, 3.8) is 0 Å². The highest BCUT2D eigenvalue weighted by molar-refractivity contribution is 9.10. The van der Waals surface area contributed by atoms with Crippen LogP contribution < -0.4 is 5.32 Å². The van der Waals surface area contributed by atoms with Gasteiger partial charge in [0.05, 0.1) is 6.54 Å². The molecule has 0 radical (unpaired) electrons. The average molecular weight is 321 g/mol. The van der Waals surface area contributed by atoms with Gasteiger partial charge in [-0.1, -0.05) is 28.1 Å². The molecule has 1 aromatic heterocycles. The van der Waals surface area contributed by atoms with E-state index in [0.717, 1.165) is 54.3 Å². The van der Waals surface area contributed by atoms with E-state index >= 15 is 0 Å². The van der Waals surface area contributed by atoms with Gasteiger partial charge >= 0.3 is 0 Å². The number of rotatable bonds is 3. The van der Waals surface area contributed by atoms with Gasteiger partial charge in [-0.05, 0) is 24.3 Å². The maximum atomic E-state index is 5.93. The molecule has 2 aromatic rings. The van der Waals surface area contributed by atoms with Crippen LogP contribution in [0.3, 0.4) is 0 Å². The molecular weight excluding hydrogens is 304 g/mol. The lowest BCUT2D eigenvalue weighted by atomic mass is 10.2. The summed E-state index contributed by atoms with van der Waals surface area (Å²) in [5, 5.41) is 3.36. The molecule has 0 saturated carbocycles. The summed E-state index contributed by atoms with van der Waals surface area (Å²) in [5.41, 5.74) is 1.12. The molecule has 100 valence electrons.